The standard InChI is InChI=1S/C11H13FN2O2S/c12-8-10(14)7-9-1-3-11(4-2-9)17(15,16)6-5-13/h1-4,10H,6-8,14H2/t10-/m0/s1. The molecule has 0 aliphatic carbocycles. The van der Waals surface area contributed by atoms with Gasteiger partial charge in [-0.15, -0.1) is 0 Å². The number of benzene rings is 1. The van der Waals surface area contributed by atoms with Crippen LogP contribution in [0.2, 0.25) is 0 Å². The minimum absolute atomic E-state index is 0.0941. The number of halogens is 1. The predicted molar refractivity (Wildman–Crippen MR) is 61.8 cm³/mol. The van der Waals surface area contributed by atoms with Gasteiger partial charge in [-0.25, -0.2) is 12.8 Å². The Bertz CT molecular complexity index is 505. The van der Waals surface area contributed by atoms with Gasteiger partial charge in [-0.2, -0.15) is 5.26 Å². The van der Waals surface area contributed by atoms with Crippen molar-refractivity contribution in [2.45, 2.75) is 17.4 Å². The van der Waals surface area contributed by atoms with Crippen molar-refractivity contribution in [3.05, 3.63) is 29.8 Å². The van der Waals surface area contributed by atoms with E-state index >= 15 is 0 Å². The van der Waals surface area contributed by atoms with Crippen LogP contribution in [-0.4, -0.2) is 26.9 Å². The number of alkyl halides is 1. The van der Waals surface area contributed by atoms with Crippen molar-refractivity contribution >= 4 is 9.84 Å². The van der Waals surface area contributed by atoms with Gasteiger partial charge < -0.3 is 5.73 Å². The zero-order chi connectivity index (χ0) is 12.9. The molecule has 0 heterocycles. The van der Waals surface area contributed by atoms with Gasteiger partial charge in [0.15, 0.2) is 9.84 Å². The minimum Gasteiger partial charge on any atom is -0.325 e. The van der Waals surface area contributed by atoms with E-state index in [0.29, 0.717) is 6.42 Å². The second-order valence-corrected chi connectivity index (χ2v) is 5.67. The SMILES string of the molecule is N#CCS(=O)(=O)c1ccc(C[C@H](N)CF)cc1. The summed E-state index contributed by atoms with van der Waals surface area (Å²) in [6.45, 7) is -0.617. The van der Waals surface area contributed by atoms with Crippen LogP contribution >= 0.6 is 0 Å². The lowest BCUT2D eigenvalue weighted by molar-refractivity contribution is 0.427. The van der Waals surface area contributed by atoms with Crippen molar-refractivity contribution in [3.63, 3.8) is 0 Å². The van der Waals surface area contributed by atoms with Crippen LogP contribution in [0.5, 0.6) is 0 Å². The van der Waals surface area contributed by atoms with Crippen molar-refractivity contribution in [2.24, 2.45) is 5.73 Å². The van der Waals surface area contributed by atoms with Gasteiger partial charge in [-0.05, 0) is 24.1 Å². The first-order valence-electron chi connectivity index (χ1n) is 5.00. The second-order valence-electron chi connectivity index (χ2n) is 3.68. The Morgan fingerprint density at radius 3 is 2.41 bits per heavy atom. The van der Waals surface area contributed by atoms with Crippen LogP contribution in [0.15, 0.2) is 29.2 Å². The van der Waals surface area contributed by atoms with Crippen molar-refractivity contribution in [3.8, 4) is 6.07 Å². The fraction of sp³-hybridized carbons (Fsp3) is 0.364. The van der Waals surface area contributed by atoms with E-state index in [-0.39, 0.29) is 4.90 Å². The average Bonchev–Trinajstić information content (AvgIpc) is 2.29. The summed E-state index contributed by atoms with van der Waals surface area (Å²) in [5.41, 5.74) is 6.21. The Balaban J connectivity index is 2.86. The fourth-order valence-electron chi connectivity index (χ4n) is 1.36. The molecule has 17 heavy (non-hydrogen) atoms. The van der Waals surface area contributed by atoms with E-state index in [1.807, 2.05) is 0 Å². The first-order valence-corrected chi connectivity index (χ1v) is 6.65. The molecule has 4 nitrogen and oxygen atoms in total. The van der Waals surface area contributed by atoms with Crippen LogP contribution in [0.4, 0.5) is 4.39 Å². The third-order valence-corrected chi connectivity index (χ3v) is 3.73. The molecule has 0 saturated carbocycles. The number of nitrogens with two attached hydrogens (primary N) is 1. The summed E-state index contributed by atoms with van der Waals surface area (Å²) in [5, 5.41) is 8.38. The van der Waals surface area contributed by atoms with Crippen molar-refractivity contribution in [1.29, 1.82) is 5.26 Å². The molecule has 0 aliphatic heterocycles. The third-order valence-electron chi connectivity index (χ3n) is 2.23. The van der Waals surface area contributed by atoms with Gasteiger partial charge in [0.25, 0.3) is 0 Å². The van der Waals surface area contributed by atoms with Crippen LogP contribution in [0.25, 0.3) is 0 Å². The first kappa shape index (κ1) is 13.6. The summed E-state index contributed by atoms with van der Waals surface area (Å²) in [7, 11) is -3.53. The number of nitriles is 1. The van der Waals surface area contributed by atoms with Crippen LogP contribution in [0, 0.1) is 11.3 Å². The molecule has 0 spiro atoms. The lowest BCUT2D eigenvalue weighted by atomic mass is 10.1. The van der Waals surface area contributed by atoms with Crippen molar-refractivity contribution in [1.82, 2.24) is 0 Å². The molecule has 1 atom stereocenters. The van der Waals surface area contributed by atoms with Gasteiger partial charge in [0.2, 0.25) is 0 Å². The summed E-state index contributed by atoms with van der Waals surface area (Å²) in [4.78, 5) is 0.0941. The van der Waals surface area contributed by atoms with Gasteiger partial charge >= 0.3 is 0 Å². The van der Waals surface area contributed by atoms with Crippen LogP contribution in [0.3, 0.4) is 0 Å². The molecule has 92 valence electrons. The van der Waals surface area contributed by atoms with Crippen LogP contribution in [-0.2, 0) is 16.3 Å². The molecule has 0 fully saturated rings. The molecule has 1 aromatic rings. The zero-order valence-electron chi connectivity index (χ0n) is 9.14. The highest BCUT2D eigenvalue weighted by molar-refractivity contribution is 7.91. The van der Waals surface area contributed by atoms with Crippen molar-refractivity contribution in [2.75, 3.05) is 12.4 Å². The number of rotatable bonds is 5. The number of hydrogen-bond donors (Lipinski definition) is 1. The van der Waals surface area contributed by atoms with Gasteiger partial charge in [0, 0.05) is 6.04 Å². The van der Waals surface area contributed by atoms with E-state index in [9.17, 15) is 12.8 Å². The van der Waals surface area contributed by atoms with E-state index in [1.54, 1.807) is 18.2 Å². The Labute approximate surface area is 99.8 Å². The summed E-state index contributed by atoms with van der Waals surface area (Å²) in [6, 6.07) is 7.02. The van der Waals surface area contributed by atoms with E-state index < -0.39 is 28.3 Å². The smallest absolute Gasteiger partial charge is 0.191 e. The highest BCUT2D eigenvalue weighted by Gasteiger charge is 2.13. The quantitative estimate of drug-likeness (QED) is 0.845. The fourth-order valence-corrected chi connectivity index (χ4v) is 2.25. The minimum atomic E-state index is -3.53. The van der Waals surface area contributed by atoms with Crippen molar-refractivity contribution < 1.29 is 12.8 Å². The Morgan fingerprint density at radius 2 is 1.94 bits per heavy atom. The average molecular weight is 256 g/mol. The summed E-state index contributed by atoms with van der Waals surface area (Å²) < 4.78 is 35.2. The number of hydrogen-bond acceptors (Lipinski definition) is 4. The molecule has 2 N–H and O–H groups in total. The third kappa shape index (κ3) is 3.80. The maximum absolute atomic E-state index is 12.2. The Morgan fingerprint density at radius 1 is 1.35 bits per heavy atom. The van der Waals surface area contributed by atoms with E-state index in [1.165, 1.54) is 12.1 Å². The van der Waals surface area contributed by atoms with Crippen LogP contribution < -0.4 is 5.73 Å². The second kappa shape index (κ2) is 5.75. The van der Waals surface area contributed by atoms with E-state index in [0.717, 1.165) is 5.56 Å². The molecule has 0 saturated heterocycles. The number of nitrogens with zero attached hydrogens (tertiary/aromatic N) is 1. The molecule has 0 aliphatic rings. The summed E-state index contributed by atoms with van der Waals surface area (Å²) in [6.07, 6.45) is 0.356. The maximum atomic E-state index is 12.2. The Hall–Kier alpha value is -1.45. The molecule has 6 heteroatoms. The highest BCUT2D eigenvalue weighted by Crippen LogP contribution is 2.13. The van der Waals surface area contributed by atoms with Crippen LogP contribution in [0.1, 0.15) is 5.56 Å². The number of sulfone groups is 1. The first-order chi connectivity index (χ1) is 7.99. The topological polar surface area (TPSA) is 84.0 Å². The molecular weight excluding hydrogens is 243 g/mol. The van der Waals surface area contributed by atoms with Gasteiger partial charge in [-0.3, -0.25) is 0 Å². The highest BCUT2D eigenvalue weighted by atomic mass is 32.2. The molecule has 0 aromatic heterocycles. The molecule has 1 aromatic carbocycles. The molecule has 0 bridgehead atoms. The Kier molecular flexibility index (Phi) is 4.61. The lowest BCUT2D eigenvalue weighted by Crippen LogP contribution is -2.24. The predicted octanol–water partition coefficient (Wildman–Crippen LogP) is 0.823. The largest absolute Gasteiger partial charge is 0.325 e. The molecule has 0 unspecified atom stereocenters. The van der Waals surface area contributed by atoms with Gasteiger partial charge in [-0.1, -0.05) is 12.1 Å². The molecule has 0 amide bonds. The summed E-state index contributed by atoms with van der Waals surface area (Å²) >= 11 is 0. The lowest BCUT2D eigenvalue weighted by Gasteiger charge is -2.07. The molecule has 1 rings (SSSR count). The molecule has 0 radical (unpaired) electrons. The van der Waals surface area contributed by atoms with Gasteiger partial charge in [0.1, 0.15) is 12.4 Å². The summed E-state index contributed by atoms with van der Waals surface area (Å²) in [5.74, 6) is -0.545. The van der Waals surface area contributed by atoms with E-state index in [4.69, 9.17) is 11.0 Å². The zero-order valence-corrected chi connectivity index (χ0v) is 9.95. The maximum Gasteiger partial charge on any atom is 0.191 e. The monoisotopic (exact) mass is 256 g/mol. The normalized spacial score (nSPS) is 13.0. The molecular formula is C11H13FN2O2S. The van der Waals surface area contributed by atoms with E-state index in [2.05, 4.69) is 0 Å². The van der Waals surface area contributed by atoms with Gasteiger partial charge in [0.05, 0.1) is 11.0 Å².